The first-order valence-electron chi connectivity index (χ1n) is 12.6. The van der Waals surface area contributed by atoms with Crippen LogP contribution in [0.15, 0.2) is 55.0 Å². The molecule has 3 heterocycles. The van der Waals surface area contributed by atoms with Crippen molar-refractivity contribution >= 4 is 28.8 Å². The summed E-state index contributed by atoms with van der Waals surface area (Å²) >= 11 is 0. The number of nitrogens with zero attached hydrogens (tertiary/aromatic N) is 5. The van der Waals surface area contributed by atoms with Crippen LogP contribution >= 0.6 is 0 Å². The Labute approximate surface area is 218 Å². The zero-order valence-corrected chi connectivity index (χ0v) is 21.9. The average molecular weight is 501 g/mol. The highest BCUT2D eigenvalue weighted by Crippen LogP contribution is 2.26. The maximum Gasteiger partial charge on any atom is 0.274 e. The van der Waals surface area contributed by atoms with Crippen molar-refractivity contribution in [3.63, 3.8) is 0 Å². The second kappa shape index (κ2) is 11.9. The smallest absolute Gasteiger partial charge is 0.274 e. The zero-order chi connectivity index (χ0) is 26.4. The van der Waals surface area contributed by atoms with Crippen molar-refractivity contribution in [3.8, 4) is 11.1 Å². The molecule has 1 fully saturated rings. The Bertz CT molecular complexity index is 1240. The van der Waals surface area contributed by atoms with Gasteiger partial charge in [-0.3, -0.25) is 20.1 Å². The molecule has 194 valence electrons. The number of likely N-dealkylation sites (N-methyl/N-ethyl adjacent to an activating group) is 2. The molecule has 0 atom stereocenters. The third kappa shape index (κ3) is 6.90. The number of hydrogen-bond donors (Lipinski definition) is 3. The monoisotopic (exact) mass is 500 g/mol. The number of pyridine rings is 2. The van der Waals surface area contributed by atoms with E-state index < -0.39 is 5.91 Å². The number of benzene rings is 1. The van der Waals surface area contributed by atoms with Crippen LogP contribution in [0, 0.1) is 5.41 Å². The summed E-state index contributed by atoms with van der Waals surface area (Å²) in [7, 11) is 6.04. The first-order chi connectivity index (χ1) is 17.8. The molecule has 1 aromatic carbocycles. The minimum atomic E-state index is -0.541. The van der Waals surface area contributed by atoms with Crippen LogP contribution < -0.4 is 16.0 Å². The molecule has 0 aliphatic carbocycles. The highest BCUT2D eigenvalue weighted by molar-refractivity contribution is 6.48. The van der Waals surface area contributed by atoms with Gasteiger partial charge in [0.15, 0.2) is 0 Å². The van der Waals surface area contributed by atoms with Crippen LogP contribution in [-0.2, 0) is 11.3 Å². The zero-order valence-electron chi connectivity index (χ0n) is 21.9. The third-order valence-corrected chi connectivity index (χ3v) is 6.56. The number of likely N-dealkylation sites (tertiary alicyclic amines) is 1. The largest absolute Gasteiger partial charge is 0.398 e. The summed E-state index contributed by atoms with van der Waals surface area (Å²) in [5.41, 5.74) is 10.2. The quantitative estimate of drug-likeness (QED) is 0.289. The molecule has 9 nitrogen and oxygen atoms in total. The lowest BCUT2D eigenvalue weighted by Crippen LogP contribution is -2.29. The maximum absolute atomic E-state index is 12.9. The van der Waals surface area contributed by atoms with E-state index in [1.165, 1.54) is 12.8 Å². The molecule has 0 spiro atoms. The molecule has 0 unspecified atom stereocenters. The van der Waals surface area contributed by atoms with E-state index in [2.05, 4.69) is 36.1 Å². The lowest BCUT2D eigenvalue weighted by Gasteiger charge is -2.20. The highest BCUT2D eigenvalue weighted by atomic mass is 16.1. The van der Waals surface area contributed by atoms with E-state index in [1.807, 2.05) is 39.5 Å². The van der Waals surface area contributed by atoms with E-state index in [-0.39, 0.29) is 5.71 Å². The van der Waals surface area contributed by atoms with Crippen molar-refractivity contribution in [2.45, 2.75) is 19.4 Å². The van der Waals surface area contributed by atoms with E-state index in [9.17, 15) is 4.79 Å². The summed E-state index contributed by atoms with van der Waals surface area (Å²) in [4.78, 5) is 28.4. The van der Waals surface area contributed by atoms with Crippen LogP contribution in [0.25, 0.3) is 11.1 Å². The van der Waals surface area contributed by atoms with Crippen molar-refractivity contribution in [3.05, 3.63) is 66.1 Å². The fourth-order valence-corrected chi connectivity index (χ4v) is 4.35. The van der Waals surface area contributed by atoms with Crippen molar-refractivity contribution < 1.29 is 4.79 Å². The number of hydrogen-bond acceptors (Lipinski definition) is 8. The molecule has 1 aliphatic heterocycles. The number of anilines is 3. The van der Waals surface area contributed by atoms with E-state index in [1.54, 1.807) is 30.6 Å². The summed E-state index contributed by atoms with van der Waals surface area (Å²) < 4.78 is 0. The second-order valence-electron chi connectivity index (χ2n) is 9.83. The molecule has 3 aromatic rings. The van der Waals surface area contributed by atoms with Gasteiger partial charge in [-0.25, -0.2) is 4.98 Å². The Balaban J connectivity index is 1.44. The van der Waals surface area contributed by atoms with Gasteiger partial charge in [-0.1, -0.05) is 6.07 Å². The van der Waals surface area contributed by atoms with Crippen molar-refractivity contribution in [2.75, 3.05) is 63.3 Å². The number of carbonyl (C=O) groups excluding carboxylic acids is 1. The molecule has 1 amide bonds. The predicted octanol–water partition coefficient (Wildman–Crippen LogP) is 3.33. The van der Waals surface area contributed by atoms with Crippen LogP contribution in [-0.4, -0.2) is 78.7 Å². The van der Waals surface area contributed by atoms with Crippen LogP contribution in [0.4, 0.5) is 17.2 Å². The summed E-state index contributed by atoms with van der Waals surface area (Å²) in [6.07, 6.45) is 7.79. The fraction of sp³-hybridized carbons (Fsp3) is 0.357. The number of aromatic nitrogens is 2. The van der Waals surface area contributed by atoms with Gasteiger partial charge < -0.3 is 20.9 Å². The van der Waals surface area contributed by atoms with Gasteiger partial charge in [-0.2, -0.15) is 0 Å². The van der Waals surface area contributed by atoms with Gasteiger partial charge in [0.25, 0.3) is 5.91 Å². The van der Waals surface area contributed by atoms with Gasteiger partial charge in [-0.05, 0) is 81.5 Å². The fourth-order valence-electron chi connectivity index (χ4n) is 4.35. The van der Waals surface area contributed by atoms with E-state index in [4.69, 9.17) is 11.1 Å². The number of carbonyl (C=O) groups is 1. The molecule has 4 rings (SSSR count). The van der Waals surface area contributed by atoms with Gasteiger partial charge in [0.2, 0.25) is 0 Å². The minimum Gasteiger partial charge on any atom is -0.398 e. The molecule has 0 bridgehead atoms. The summed E-state index contributed by atoms with van der Waals surface area (Å²) in [6.45, 7) is 4.86. The number of nitrogens with two attached hydrogens (primary N) is 1. The number of nitrogen functional groups attached to an aromatic ring is 1. The van der Waals surface area contributed by atoms with Gasteiger partial charge >= 0.3 is 0 Å². The minimum absolute atomic E-state index is 0.201. The van der Waals surface area contributed by atoms with Gasteiger partial charge in [0.05, 0.1) is 11.9 Å². The van der Waals surface area contributed by atoms with Crippen molar-refractivity contribution in [1.29, 1.82) is 5.41 Å². The SMILES string of the molecule is CN(C)CCN(C)c1ccc(NC(=O)C(=N)c2cc(-c3cncc(CN4CCCC4)c3)ccc2N)cn1. The average Bonchev–Trinajstić information content (AvgIpc) is 3.40. The normalized spacial score (nSPS) is 13.6. The molecule has 4 N–H and O–H groups in total. The predicted molar refractivity (Wildman–Crippen MR) is 150 cm³/mol. The Hall–Kier alpha value is -3.82. The Kier molecular flexibility index (Phi) is 8.47. The van der Waals surface area contributed by atoms with Crippen molar-refractivity contribution in [1.82, 2.24) is 19.8 Å². The molecule has 1 aliphatic rings. The lowest BCUT2D eigenvalue weighted by atomic mass is 9.99. The molecule has 37 heavy (non-hydrogen) atoms. The lowest BCUT2D eigenvalue weighted by molar-refractivity contribution is -0.110. The van der Waals surface area contributed by atoms with Crippen LogP contribution in [0.5, 0.6) is 0 Å². The van der Waals surface area contributed by atoms with Crippen LogP contribution in [0.3, 0.4) is 0 Å². The summed E-state index contributed by atoms with van der Waals surface area (Å²) in [6, 6.07) is 11.2. The van der Waals surface area contributed by atoms with Crippen molar-refractivity contribution in [2.24, 2.45) is 0 Å². The van der Waals surface area contributed by atoms with E-state index in [0.717, 1.165) is 55.2 Å². The highest BCUT2D eigenvalue weighted by Gasteiger charge is 2.17. The van der Waals surface area contributed by atoms with E-state index in [0.29, 0.717) is 16.9 Å². The van der Waals surface area contributed by atoms with Crippen LogP contribution in [0.1, 0.15) is 24.0 Å². The molecule has 0 saturated carbocycles. The summed E-state index contributed by atoms with van der Waals surface area (Å²) in [5.74, 6) is 0.271. The maximum atomic E-state index is 12.9. The molecule has 2 aromatic heterocycles. The first-order valence-corrected chi connectivity index (χ1v) is 12.6. The number of rotatable bonds is 10. The van der Waals surface area contributed by atoms with Crippen LogP contribution in [0.2, 0.25) is 0 Å². The Morgan fingerprint density at radius 3 is 2.51 bits per heavy atom. The van der Waals surface area contributed by atoms with Gasteiger partial charge in [-0.15, -0.1) is 0 Å². The van der Waals surface area contributed by atoms with Gasteiger partial charge in [0.1, 0.15) is 11.5 Å². The summed E-state index contributed by atoms with van der Waals surface area (Å²) in [5, 5.41) is 11.3. The second-order valence-corrected chi connectivity index (χ2v) is 9.83. The van der Waals surface area contributed by atoms with E-state index >= 15 is 0 Å². The molecular weight excluding hydrogens is 464 g/mol. The molecular formula is C28H36N8O. The standard InChI is InChI=1S/C28H36N8O/c1-34(2)12-13-35(3)26-9-7-23(18-32-26)33-28(37)27(30)24-15-21(6-8-25(24)29)22-14-20(16-31-17-22)19-36-10-4-5-11-36/h6-9,14-18,30H,4-5,10-13,19,29H2,1-3H3,(H,33,37). The topological polar surface area (TPSA) is 114 Å². The third-order valence-electron chi connectivity index (χ3n) is 6.56. The molecule has 0 radical (unpaired) electrons. The Morgan fingerprint density at radius 1 is 1.03 bits per heavy atom. The first kappa shape index (κ1) is 26.2. The Morgan fingerprint density at radius 2 is 1.81 bits per heavy atom. The number of amides is 1. The van der Waals surface area contributed by atoms with Gasteiger partial charge in [0, 0.05) is 55.9 Å². The number of nitrogens with one attached hydrogen (secondary N) is 2. The molecule has 9 heteroatoms. The molecule has 1 saturated heterocycles.